The number of anilines is 3. The van der Waals surface area contributed by atoms with Crippen LogP contribution < -0.4 is 4.90 Å². The van der Waals surface area contributed by atoms with Crippen LogP contribution in [0.3, 0.4) is 0 Å². The fourth-order valence-electron chi connectivity index (χ4n) is 10.2. The number of fused-ring (bicyclic) bond motifs is 10. The number of rotatable bonds is 6. The van der Waals surface area contributed by atoms with Crippen molar-refractivity contribution < 1.29 is 4.42 Å². The molecule has 0 spiro atoms. The molecule has 3 nitrogen and oxygen atoms in total. The van der Waals surface area contributed by atoms with E-state index < -0.39 is 0 Å². The van der Waals surface area contributed by atoms with E-state index in [4.69, 9.17) is 4.42 Å². The number of aromatic nitrogens is 1. The topological polar surface area (TPSA) is 21.3 Å². The first-order valence-electron chi connectivity index (χ1n) is 21.7. The van der Waals surface area contributed by atoms with Crippen LogP contribution in [-0.4, -0.2) is 4.57 Å². The molecule has 13 rings (SSSR count). The van der Waals surface area contributed by atoms with Crippen molar-refractivity contribution in [3.63, 3.8) is 0 Å². The third-order valence-corrected chi connectivity index (χ3v) is 14.6. The Labute approximate surface area is 369 Å². The predicted molar refractivity (Wildman–Crippen MR) is 267 cm³/mol. The van der Waals surface area contributed by atoms with Crippen molar-refractivity contribution >= 4 is 82.2 Å². The van der Waals surface area contributed by atoms with Crippen LogP contribution in [-0.2, 0) is 5.41 Å². The van der Waals surface area contributed by atoms with Crippen LogP contribution in [0, 0.1) is 0 Å². The van der Waals surface area contributed by atoms with Crippen LogP contribution in [0.2, 0.25) is 0 Å². The number of benzene rings is 9. The molecule has 0 atom stereocenters. The summed E-state index contributed by atoms with van der Waals surface area (Å²) in [6.45, 7) is 4.71. The average Bonchev–Trinajstić information content (AvgIpc) is 4.07. The summed E-state index contributed by atoms with van der Waals surface area (Å²) in [6, 6.07) is 75.5. The molecule has 0 fully saturated rings. The summed E-state index contributed by atoms with van der Waals surface area (Å²) in [5, 5.41) is 5.96. The smallest absolute Gasteiger partial charge is 0.136 e. The Hall–Kier alpha value is -7.66. The molecule has 1 aliphatic carbocycles. The first kappa shape index (κ1) is 36.0. The average molecular weight is 825 g/mol. The molecule has 63 heavy (non-hydrogen) atoms. The van der Waals surface area contributed by atoms with E-state index in [1.807, 2.05) is 23.5 Å². The number of hydrogen-bond donors (Lipinski definition) is 0. The second-order valence-electron chi connectivity index (χ2n) is 17.3. The van der Waals surface area contributed by atoms with Crippen molar-refractivity contribution in [1.82, 2.24) is 4.57 Å². The van der Waals surface area contributed by atoms with Crippen LogP contribution in [0.25, 0.3) is 92.2 Å². The molecule has 0 aliphatic heterocycles. The molecule has 0 bridgehead atoms. The Morgan fingerprint density at radius 3 is 1.87 bits per heavy atom. The Kier molecular flexibility index (Phi) is 7.82. The fraction of sp³-hybridized carbons (Fsp3) is 0.0508. The van der Waals surface area contributed by atoms with Gasteiger partial charge in [0, 0.05) is 59.3 Å². The van der Waals surface area contributed by atoms with Crippen molar-refractivity contribution in [3.8, 4) is 38.4 Å². The minimum absolute atomic E-state index is 0.103. The first-order chi connectivity index (χ1) is 31.0. The highest BCUT2D eigenvalue weighted by Crippen LogP contribution is 2.51. The molecule has 9 aromatic carbocycles. The Balaban J connectivity index is 0.878. The van der Waals surface area contributed by atoms with Crippen molar-refractivity contribution in [2.75, 3.05) is 4.90 Å². The number of furan rings is 1. The van der Waals surface area contributed by atoms with Gasteiger partial charge in [0.25, 0.3) is 0 Å². The largest absolute Gasteiger partial charge is 0.456 e. The van der Waals surface area contributed by atoms with E-state index in [9.17, 15) is 0 Å². The second-order valence-corrected chi connectivity index (χ2v) is 18.4. The molecular formula is C59H40N2OS. The highest BCUT2D eigenvalue weighted by atomic mass is 32.1. The summed E-state index contributed by atoms with van der Waals surface area (Å²) in [5.74, 6) is 0. The summed E-state index contributed by atoms with van der Waals surface area (Å²) in [5.41, 5.74) is 17.5. The van der Waals surface area contributed by atoms with E-state index in [2.05, 4.69) is 217 Å². The van der Waals surface area contributed by atoms with Gasteiger partial charge in [0.2, 0.25) is 0 Å². The summed E-state index contributed by atoms with van der Waals surface area (Å²) in [7, 11) is 0. The maximum absolute atomic E-state index is 6.32. The van der Waals surface area contributed by atoms with Crippen molar-refractivity contribution in [2.45, 2.75) is 19.3 Å². The van der Waals surface area contributed by atoms with Crippen LogP contribution in [0.5, 0.6) is 0 Å². The molecule has 12 aromatic rings. The third-order valence-electron chi connectivity index (χ3n) is 13.4. The number of para-hydroxylation sites is 2. The summed E-state index contributed by atoms with van der Waals surface area (Å²) >= 11 is 1.85. The number of nitrogens with zero attached hydrogens (tertiary/aromatic N) is 2. The van der Waals surface area contributed by atoms with Crippen molar-refractivity contribution in [3.05, 3.63) is 217 Å². The van der Waals surface area contributed by atoms with E-state index in [-0.39, 0.29) is 5.41 Å². The molecule has 3 aromatic heterocycles. The minimum Gasteiger partial charge on any atom is -0.456 e. The van der Waals surface area contributed by atoms with E-state index in [1.54, 1.807) is 0 Å². The number of hydrogen-bond acceptors (Lipinski definition) is 3. The number of thiophene rings is 1. The Morgan fingerprint density at radius 1 is 0.444 bits per heavy atom. The maximum Gasteiger partial charge on any atom is 0.136 e. The molecule has 0 radical (unpaired) electrons. The van der Waals surface area contributed by atoms with E-state index in [1.165, 1.54) is 75.7 Å². The van der Waals surface area contributed by atoms with Crippen molar-refractivity contribution in [2.24, 2.45) is 0 Å². The zero-order valence-electron chi connectivity index (χ0n) is 34.8. The summed E-state index contributed by atoms with van der Waals surface area (Å²) in [6.07, 6.45) is 0. The normalized spacial score (nSPS) is 13.0. The fourth-order valence-corrected chi connectivity index (χ4v) is 11.3. The molecule has 3 heterocycles. The third kappa shape index (κ3) is 5.58. The van der Waals surface area contributed by atoms with Crippen molar-refractivity contribution in [1.29, 1.82) is 0 Å². The van der Waals surface area contributed by atoms with Crippen LogP contribution in [0.15, 0.2) is 211 Å². The maximum atomic E-state index is 6.32. The van der Waals surface area contributed by atoms with E-state index >= 15 is 0 Å². The van der Waals surface area contributed by atoms with E-state index in [0.717, 1.165) is 44.7 Å². The predicted octanol–water partition coefficient (Wildman–Crippen LogP) is 17.0. The van der Waals surface area contributed by atoms with Gasteiger partial charge >= 0.3 is 0 Å². The van der Waals surface area contributed by atoms with Crippen LogP contribution in [0.4, 0.5) is 17.1 Å². The SMILES string of the molecule is CC1(C)c2ccccc2-c2ccc(N(c3ccc(-c4ccc(-n5c6ccccc6c6cc7oc8ccccc8c7cc65)cc4)cc3)c3ccc(-c4cc5ccccc5s4)cc3)cc21. The Morgan fingerprint density at radius 2 is 1.08 bits per heavy atom. The molecular weight excluding hydrogens is 785 g/mol. The quantitative estimate of drug-likeness (QED) is 0.167. The standard InChI is InChI=1S/C59H40N2OS/c1-59(2)51-15-7-4-12-45(51)46-32-31-44(34-52(46)59)60(42-29-23-39(24-30-42)58-33-40-11-3-10-18-57(40)63-58)41-25-19-37(20-26-41)38-21-27-43(28-22-38)61-53-16-8-5-13-47(53)49-36-56-50(35-54(49)61)48-14-6-9-17-55(48)62-56/h3-36H,1-2H3. The minimum atomic E-state index is -0.103. The van der Waals surface area contributed by atoms with Gasteiger partial charge in [-0.3, -0.25) is 0 Å². The van der Waals surface area contributed by atoms with Crippen LogP contribution in [0.1, 0.15) is 25.0 Å². The van der Waals surface area contributed by atoms with E-state index in [0.29, 0.717) is 0 Å². The molecule has 0 amide bonds. The highest BCUT2D eigenvalue weighted by molar-refractivity contribution is 7.22. The molecule has 298 valence electrons. The lowest BCUT2D eigenvalue weighted by Crippen LogP contribution is -2.16. The molecule has 0 saturated carbocycles. The van der Waals surface area contributed by atoms with Gasteiger partial charge in [-0.25, -0.2) is 0 Å². The van der Waals surface area contributed by atoms with Crippen LogP contribution >= 0.6 is 11.3 Å². The zero-order valence-corrected chi connectivity index (χ0v) is 35.7. The molecule has 0 saturated heterocycles. The molecule has 4 heteroatoms. The van der Waals surface area contributed by atoms with Gasteiger partial charge in [0.05, 0.1) is 11.0 Å². The van der Waals surface area contributed by atoms with Gasteiger partial charge in [0.15, 0.2) is 0 Å². The Bertz CT molecular complexity index is 3720. The lowest BCUT2D eigenvalue weighted by molar-refractivity contribution is 0.660. The van der Waals surface area contributed by atoms with Gasteiger partial charge in [-0.15, -0.1) is 11.3 Å². The van der Waals surface area contributed by atoms with Gasteiger partial charge in [-0.05, 0) is 129 Å². The highest BCUT2D eigenvalue weighted by Gasteiger charge is 2.35. The monoisotopic (exact) mass is 824 g/mol. The van der Waals surface area contributed by atoms with Gasteiger partial charge in [0.1, 0.15) is 11.2 Å². The molecule has 1 aliphatic rings. The van der Waals surface area contributed by atoms with Gasteiger partial charge < -0.3 is 13.9 Å². The lowest BCUT2D eigenvalue weighted by Gasteiger charge is -2.28. The zero-order chi connectivity index (χ0) is 41.8. The molecule has 0 N–H and O–H groups in total. The second kappa shape index (κ2) is 13.7. The van der Waals surface area contributed by atoms with Gasteiger partial charge in [-0.1, -0.05) is 135 Å². The summed E-state index contributed by atoms with van der Waals surface area (Å²) < 4.78 is 10.0. The lowest BCUT2D eigenvalue weighted by atomic mass is 9.82. The first-order valence-corrected chi connectivity index (χ1v) is 22.5. The molecule has 0 unspecified atom stereocenters. The van der Waals surface area contributed by atoms with Gasteiger partial charge in [-0.2, -0.15) is 0 Å². The summed E-state index contributed by atoms with van der Waals surface area (Å²) in [4.78, 5) is 3.69.